The van der Waals surface area contributed by atoms with E-state index in [1.54, 1.807) is 0 Å². The third kappa shape index (κ3) is 2.26. The Hall–Kier alpha value is 0.280. The van der Waals surface area contributed by atoms with E-state index in [1.807, 2.05) is 18.2 Å². The molecule has 76 valence electrons. The predicted molar refractivity (Wildman–Crippen MR) is 65.6 cm³/mol. The number of hydrogen-bond acceptors (Lipinski definition) is 0. The van der Waals surface area contributed by atoms with Crippen LogP contribution in [0, 0.1) is 5.41 Å². The van der Waals surface area contributed by atoms with Gasteiger partial charge < -0.3 is 0 Å². The van der Waals surface area contributed by atoms with Crippen LogP contribution in [-0.4, -0.2) is 5.33 Å². The molecule has 2 rings (SSSR count). The smallest absolute Gasteiger partial charge is 0.0439 e. The van der Waals surface area contributed by atoms with Gasteiger partial charge in [-0.25, -0.2) is 0 Å². The van der Waals surface area contributed by atoms with Crippen molar-refractivity contribution in [2.45, 2.75) is 19.3 Å². The third-order valence-corrected chi connectivity index (χ3v) is 4.61. The van der Waals surface area contributed by atoms with Gasteiger partial charge in [-0.2, -0.15) is 0 Å². The van der Waals surface area contributed by atoms with Crippen molar-refractivity contribution in [1.29, 1.82) is 0 Å². The van der Waals surface area contributed by atoms with Gasteiger partial charge in [-0.3, -0.25) is 0 Å². The van der Waals surface area contributed by atoms with Crippen molar-refractivity contribution in [2.24, 2.45) is 5.41 Å². The summed E-state index contributed by atoms with van der Waals surface area (Å²) in [5.74, 6) is 0. The fourth-order valence-electron chi connectivity index (χ4n) is 1.62. The van der Waals surface area contributed by atoms with Crippen molar-refractivity contribution in [2.75, 3.05) is 5.33 Å². The van der Waals surface area contributed by atoms with Crippen LogP contribution in [0.4, 0.5) is 0 Å². The highest BCUT2D eigenvalue weighted by Crippen LogP contribution is 2.50. The first-order valence-electron chi connectivity index (χ1n) is 4.65. The normalized spacial score (nSPS) is 18.2. The quantitative estimate of drug-likeness (QED) is 0.708. The lowest BCUT2D eigenvalue weighted by Crippen LogP contribution is -2.06. The first-order chi connectivity index (χ1) is 6.65. The zero-order valence-electron chi connectivity index (χ0n) is 7.69. The summed E-state index contributed by atoms with van der Waals surface area (Å²) >= 11 is 15.6. The Kier molecular flexibility index (Phi) is 3.11. The largest absolute Gasteiger partial charge is 0.0922 e. The lowest BCUT2D eigenvalue weighted by atomic mass is 9.99. The molecule has 0 heterocycles. The summed E-state index contributed by atoms with van der Waals surface area (Å²) < 4.78 is 0. The molecule has 0 N–H and O–H groups in total. The SMILES string of the molecule is Clc1ccc(Cl)c(CC2(CBr)CC2)c1. The second-order valence-corrected chi connectivity index (χ2v) is 5.45. The van der Waals surface area contributed by atoms with Crippen molar-refractivity contribution in [3.8, 4) is 0 Å². The highest BCUT2D eigenvalue weighted by molar-refractivity contribution is 9.09. The summed E-state index contributed by atoms with van der Waals surface area (Å²) in [6.45, 7) is 0. The summed E-state index contributed by atoms with van der Waals surface area (Å²) in [6, 6.07) is 5.69. The Labute approximate surface area is 103 Å². The standard InChI is InChI=1S/C11H11BrCl2/c12-7-11(3-4-11)6-8-5-9(13)1-2-10(8)14/h1-2,5H,3-4,6-7H2. The van der Waals surface area contributed by atoms with Crippen molar-refractivity contribution in [1.82, 2.24) is 0 Å². The van der Waals surface area contributed by atoms with Crippen LogP contribution in [0.5, 0.6) is 0 Å². The molecule has 0 amide bonds. The molecule has 0 aliphatic heterocycles. The van der Waals surface area contributed by atoms with E-state index in [-0.39, 0.29) is 0 Å². The van der Waals surface area contributed by atoms with Crippen LogP contribution < -0.4 is 0 Å². The van der Waals surface area contributed by atoms with Crippen LogP contribution in [0.2, 0.25) is 10.0 Å². The molecule has 0 aromatic heterocycles. The van der Waals surface area contributed by atoms with Crippen LogP contribution in [0.1, 0.15) is 18.4 Å². The van der Waals surface area contributed by atoms with E-state index in [9.17, 15) is 0 Å². The summed E-state index contributed by atoms with van der Waals surface area (Å²) in [6.07, 6.45) is 3.62. The fourth-order valence-corrected chi connectivity index (χ4v) is 2.76. The van der Waals surface area contributed by atoms with Gasteiger partial charge in [0.15, 0.2) is 0 Å². The fraction of sp³-hybridized carbons (Fsp3) is 0.455. The predicted octanol–water partition coefficient (Wildman–Crippen LogP) is 4.71. The zero-order valence-corrected chi connectivity index (χ0v) is 10.8. The van der Waals surface area contributed by atoms with Crippen molar-refractivity contribution in [3.63, 3.8) is 0 Å². The molecule has 0 nitrogen and oxygen atoms in total. The summed E-state index contributed by atoms with van der Waals surface area (Å²) in [7, 11) is 0. The molecular formula is C11H11BrCl2. The van der Waals surface area contributed by atoms with Gasteiger partial charge in [0.1, 0.15) is 0 Å². The lowest BCUT2D eigenvalue weighted by Gasteiger charge is -2.12. The molecule has 1 aliphatic rings. The zero-order chi connectivity index (χ0) is 10.2. The van der Waals surface area contributed by atoms with Gasteiger partial charge in [0, 0.05) is 15.4 Å². The van der Waals surface area contributed by atoms with Crippen LogP contribution >= 0.6 is 39.1 Å². The monoisotopic (exact) mass is 292 g/mol. The minimum absolute atomic E-state index is 0.453. The molecule has 0 spiro atoms. The second-order valence-electron chi connectivity index (χ2n) is 4.05. The van der Waals surface area contributed by atoms with Gasteiger partial charge in [-0.05, 0) is 48.4 Å². The topological polar surface area (TPSA) is 0 Å². The average molecular weight is 294 g/mol. The number of halogens is 3. The summed E-state index contributed by atoms with van der Waals surface area (Å²) in [4.78, 5) is 0. The van der Waals surface area contributed by atoms with Gasteiger partial charge in [-0.1, -0.05) is 39.1 Å². The third-order valence-electron chi connectivity index (χ3n) is 2.81. The first-order valence-corrected chi connectivity index (χ1v) is 6.53. The maximum Gasteiger partial charge on any atom is 0.0439 e. The molecular weight excluding hydrogens is 283 g/mol. The minimum Gasteiger partial charge on any atom is -0.0922 e. The van der Waals surface area contributed by atoms with E-state index >= 15 is 0 Å². The molecule has 0 saturated heterocycles. The summed E-state index contributed by atoms with van der Waals surface area (Å²) in [5, 5.41) is 2.67. The van der Waals surface area contributed by atoms with Gasteiger partial charge in [-0.15, -0.1) is 0 Å². The second kappa shape index (κ2) is 4.03. The maximum atomic E-state index is 6.11. The minimum atomic E-state index is 0.453. The van der Waals surface area contributed by atoms with Crippen molar-refractivity contribution < 1.29 is 0 Å². The van der Waals surface area contributed by atoms with Crippen molar-refractivity contribution in [3.05, 3.63) is 33.8 Å². The lowest BCUT2D eigenvalue weighted by molar-refractivity contribution is 0.586. The summed E-state index contributed by atoms with van der Waals surface area (Å²) in [5.41, 5.74) is 1.63. The molecule has 0 unspecified atom stereocenters. The molecule has 1 fully saturated rings. The molecule has 1 aromatic rings. The molecule has 1 saturated carbocycles. The van der Waals surface area contributed by atoms with Crippen LogP contribution in [-0.2, 0) is 6.42 Å². The average Bonchev–Trinajstić information content (AvgIpc) is 2.92. The Morgan fingerprint density at radius 3 is 2.57 bits per heavy atom. The Morgan fingerprint density at radius 2 is 2.00 bits per heavy atom. The molecule has 14 heavy (non-hydrogen) atoms. The number of alkyl halides is 1. The maximum absolute atomic E-state index is 6.11. The van der Waals surface area contributed by atoms with Gasteiger partial charge >= 0.3 is 0 Å². The van der Waals surface area contributed by atoms with E-state index in [1.165, 1.54) is 18.4 Å². The molecule has 3 heteroatoms. The molecule has 1 aliphatic carbocycles. The van der Waals surface area contributed by atoms with Crippen molar-refractivity contribution >= 4 is 39.1 Å². The highest BCUT2D eigenvalue weighted by atomic mass is 79.9. The molecule has 0 radical (unpaired) electrons. The number of benzene rings is 1. The van der Waals surface area contributed by atoms with Gasteiger partial charge in [0.2, 0.25) is 0 Å². The highest BCUT2D eigenvalue weighted by Gasteiger charge is 2.41. The molecule has 1 aromatic carbocycles. The van der Waals surface area contributed by atoms with Gasteiger partial charge in [0.25, 0.3) is 0 Å². The van der Waals surface area contributed by atoms with Crippen LogP contribution in [0.25, 0.3) is 0 Å². The molecule has 0 bridgehead atoms. The van der Waals surface area contributed by atoms with E-state index in [2.05, 4.69) is 15.9 Å². The molecule has 0 atom stereocenters. The number of rotatable bonds is 3. The van der Waals surface area contributed by atoms with Crippen LogP contribution in [0.3, 0.4) is 0 Å². The van der Waals surface area contributed by atoms with Crippen LogP contribution in [0.15, 0.2) is 18.2 Å². The van der Waals surface area contributed by atoms with Gasteiger partial charge in [0.05, 0.1) is 0 Å². The Bertz CT molecular complexity index is 345. The number of hydrogen-bond donors (Lipinski definition) is 0. The van der Waals surface area contributed by atoms with E-state index < -0.39 is 0 Å². The van der Waals surface area contributed by atoms with E-state index in [0.29, 0.717) is 5.41 Å². The Balaban J connectivity index is 2.20. The van der Waals surface area contributed by atoms with E-state index in [0.717, 1.165) is 21.8 Å². The Morgan fingerprint density at radius 1 is 1.29 bits per heavy atom. The first kappa shape index (κ1) is 10.8. The van der Waals surface area contributed by atoms with E-state index in [4.69, 9.17) is 23.2 Å².